The van der Waals surface area contributed by atoms with E-state index in [4.69, 9.17) is 0 Å². The van der Waals surface area contributed by atoms with Crippen molar-refractivity contribution in [2.75, 3.05) is 0 Å². The molecule has 0 aliphatic heterocycles. The second kappa shape index (κ2) is 3.89. The van der Waals surface area contributed by atoms with E-state index in [1.807, 2.05) is 6.92 Å². The zero-order valence-electron chi connectivity index (χ0n) is 8.64. The largest absolute Gasteiger partial charge is 0.481 e. The van der Waals surface area contributed by atoms with Gasteiger partial charge in [0.2, 0.25) is 0 Å². The lowest BCUT2D eigenvalue weighted by Gasteiger charge is -2.36. The summed E-state index contributed by atoms with van der Waals surface area (Å²) in [6, 6.07) is 0. The lowest BCUT2D eigenvalue weighted by Crippen LogP contribution is -2.44. The fourth-order valence-electron chi connectivity index (χ4n) is 2.44. The van der Waals surface area contributed by atoms with Crippen molar-refractivity contribution in [1.82, 2.24) is 9.36 Å². The summed E-state index contributed by atoms with van der Waals surface area (Å²) in [6.07, 6.45) is 5.20. The molecule has 0 amide bonds. The third kappa shape index (κ3) is 1.55. The number of rotatable bonds is 2. The van der Waals surface area contributed by atoms with Gasteiger partial charge in [-0.25, -0.2) is 4.98 Å². The fourth-order valence-corrected chi connectivity index (χ4v) is 3.29. The monoisotopic (exact) mass is 226 g/mol. The molecule has 1 fully saturated rings. The van der Waals surface area contributed by atoms with Crippen LogP contribution in [-0.2, 0) is 10.2 Å². The summed E-state index contributed by atoms with van der Waals surface area (Å²) in [6.45, 7) is 2.01. The van der Waals surface area contributed by atoms with Crippen LogP contribution in [0.2, 0.25) is 0 Å². The van der Waals surface area contributed by atoms with Gasteiger partial charge in [-0.05, 0) is 30.3 Å². The van der Waals surface area contributed by atoms with E-state index in [0.717, 1.165) is 19.3 Å². The number of aromatic nitrogens is 2. The van der Waals surface area contributed by atoms with Crippen molar-refractivity contribution in [3.8, 4) is 0 Å². The fraction of sp³-hybridized carbons (Fsp3) is 0.700. The molecule has 82 valence electrons. The highest BCUT2D eigenvalue weighted by atomic mass is 32.1. The van der Waals surface area contributed by atoms with Crippen molar-refractivity contribution >= 4 is 17.5 Å². The summed E-state index contributed by atoms with van der Waals surface area (Å²) in [7, 11) is 0. The van der Waals surface area contributed by atoms with Gasteiger partial charge in [0.15, 0.2) is 0 Å². The maximum absolute atomic E-state index is 11.5. The molecule has 1 heterocycles. The Morgan fingerprint density at radius 2 is 2.47 bits per heavy atom. The molecule has 0 bridgehead atoms. The van der Waals surface area contributed by atoms with E-state index in [1.165, 1.54) is 17.9 Å². The molecule has 1 aliphatic carbocycles. The maximum atomic E-state index is 11.5. The van der Waals surface area contributed by atoms with Crippen molar-refractivity contribution in [2.45, 2.75) is 38.0 Å². The Bertz CT molecular complexity index is 352. The number of aliphatic carboxylic acids is 1. The van der Waals surface area contributed by atoms with Crippen LogP contribution in [0.25, 0.3) is 0 Å². The van der Waals surface area contributed by atoms with Crippen LogP contribution in [0.4, 0.5) is 0 Å². The third-order valence-corrected chi connectivity index (χ3v) is 4.27. The van der Waals surface area contributed by atoms with Crippen LogP contribution in [0.1, 0.15) is 37.6 Å². The quantitative estimate of drug-likeness (QED) is 0.838. The Kier molecular flexibility index (Phi) is 2.73. The molecule has 1 saturated carbocycles. The molecule has 0 radical (unpaired) electrons. The molecule has 1 aliphatic rings. The zero-order chi connectivity index (χ0) is 10.9. The first-order valence-corrected chi connectivity index (χ1v) is 5.96. The van der Waals surface area contributed by atoms with Gasteiger partial charge in [-0.15, -0.1) is 0 Å². The predicted octanol–water partition coefficient (Wildman–Crippen LogP) is 2.07. The summed E-state index contributed by atoms with van der Waals surface area (Å²) in [5.74, 6) is -0.594. The summed E-state index contributed by atoms with van der Waals surface area (Å²) < 4.78 is 3.93. The Morgan fingerprint density at radius 3 is 3.00 bits per heavy atom. The molecular weight excluding hydrogens is 212 g/mol. The van der Waals surface area contributed by atoms with Gasteiger partial charge >= 0.3 is 5.97 Å². The van der Waals surface area contributed by atoms with Crippen molar-refractivity contribution in [1.29, 1.82) is 0 Å². The minimum atomic E-state index is -0.778. The van der Waals surface area contributed by atoms with Crippen molar-refractivity contribution in [3.63, 3.8) is 0 Å². The molecule has 0 aromatic carbocycles. The van der Waals surface area contributed by atoms with Gasteiger partial charge in [0, 0.05) is 0 Å². The number of nitrogens with zero attached hydrogens (tertiary/aromatic N) is 2. The van der Waals surface area contributed by atoms with E-state index >= 15 is 0 Å². The van der Waals surface area contributed by atoms with E-state index in [2.05, 4.69) is 9.36 Å². The molecule has 2 atom stereocenters. The summed E-state index contributed by atoms with van der Waals surface area (Å²) in [5, 5.41) is 10.1. The van der Waals surface area contributed by atoms with Crippen LogP contribution in [0.5, 0.6) is 0 Å². The van der Waals surface area contributed by atoms with Gasteiger partial charge in [-0.2, -0.15) is 4.37 Å². The molecule has 2 rings (SSSR count). The van der Waals surface area contributed by atoms with E-state index in [-0.39, 0.29) is 5.92 Å². The smallest absolute Gasteiger partial charge is 0.316 e. The van der Waals surface area contributed by atoms with Crippen molar-refractivity contribution < 1.29 is 9.90 Å². The standard InChI is InChI=1S/C10H14N2O2S/c1-7-4-2-3-5-10(7,9(13)14)8-11-6-12-15-8/h6-7H,2-5H2,1H3,(H,13,14). The number of carboxylic acids is 1. The summed E-state index contributed by atoms with van der Waals surface area (Å²) >= 11 is 1.22. The minimum Gasteiger partial charge on any atom is -0.481 e. The molecule has 0 saturated heterocycles. The second-order valence-corrected chi connectivity index (χ2v) is 4.95. The van der Waals surface area contributed by atoms with Crippen molar-refractivity contribution in [2.24, 2.45) is 5.92 Å². The first-order valence-electron chi connectivity index (χ1n) is 5.18. The maximum Gasteiger partial charge on any atom is 0.316 e. The van der Waals surface area contributed by atoms with Crippen LogP contribution in [0.3, 0.4) is 0 Å². The van der Waals surface area contributed by atoms with Crippen LogP contribution >= 0.6 is 11.5 Å². The van der Waals surface area contributed by atoms with Gasteiger partial charge in [0.1, 0.15) is 16.7 Å². The molecule has 5 heteroatoms. The molecule has 1 aromatic heterocycles. The second-order valence-electron chi connectivity index (χ2n) is 4.17. The molecule has 4 nitrogen and oxygen atoms in total. The molecule has 1 N–H and O–H groups in total. The first-order chi connectivity index (χ1) is 7.18. The lowest BCUT2D eigenvalue weighted by atomic mass is 9.67. The number of carboxylic acid groups (broad SMARTS) is 1. The first kappa shape index (κ1) is 10.5. The van der Waals surface area contributed by atoms with E-state index in [9.17, 15) is 9.90 Å². The highest BCUT2D eigenvalue weighted by molar-refractivity contribution is 7.05. The van der Waals surface area contributed by atoms with Gasteiger partial charge in [0.05, 0.1) is 0 Å². The predicted molar refractivity (Wildman–Crippen MR) is 56.9 cm³/mol. The van der Waals surface area contributed by atoms with Crippen LogP contribution in [-0.4, -0.2) is 20.4 Å². The van der Waals surface area contributed by atoms with Crippen LogP contribution in [0.15, 0.2) is 6.33 Å². The number of carbonyl (C=O) groups is 1. The van der Waals surface area contributed by atoms with Gasteiger partial charge in [-0.1, -0.05) is 19.8 Å². The SMILES string of the molecule is CC1CCCCC1(C(=O)O)c1ncns1. The summed E-state index contributed by atoms with van der Waals surface area (Å²) in [4.78, 5) is 15.6. The lowest BCUT2D eigenvalue weighted by molar-refractivity contribution is -0.147. The Balaban J connectivity index is 2.43. The highest BCUT2D eigenvalue weighted by Gasteiger charge is 2.48. The van der Waals surface area contributed by atoms with E-state index < -0.39 is 11.4 Å². The van der Waals surface area contributed by atoms with E-state index in [0.29, 0.717) is 11.4 Å². The van der Waals surface area contributed by atoms with Crippen molar-refractivity contribution in [3.05, 3.63) is 11.3 Å². The van der Waals surface area contributed by atoms with E-state index in [1.54, 1.807) is 0 Å². The molecule has 0 spiro atoms. The Hall–Kier alpha value is -0.970. The van der Waals surface area contributed by atoms with Crippen LogP contribution < -0.4 is 0 Å². The van der Waals surface area contributed by atoms with Crippen LogP contribution in [0, 0.1) is 5.92 Å². The third-order valence-electron chi connectivity index (χ3n) is 3.42. The van der Waals surface area contributed by atoms with Gasteiger partial charge in [-0.3, -0.25) is 4.79 Å². The number of hydrogen-bond donors (Lipinski definition) is 1. The molecule has 2 unspecified atom stereocenters. The molecule has 1 aromatic rings. The number of hydrogen-bond acceptors (Lipinski definition) is 4. The average molecular weight is 226 g/mol. The highest BCUT2D eigenvalue weighted by Crippen LogP contribution is 2.44. The Labute approximate surface area is 92.5 Å². The molecule has 15 heavy (non-hydrogen) atoms. The summed E-state index contributed by atoms with van der Waals surface area (Å²) in [5.41, 5.74) is -0.778. The van der Waals surface area contributed by atoms with Gasteiger partial charge in [0.25, 0.3) is 0 Å². The van der Waals surface area contributed by atoms with Gasteiger partial charge < -0.3 is 5.11 Å². The molecular formula is C10H14N2O2S. The minimum absolute atomic E-state index is 0.150. The normalized spacial score (nSPS) is 31.4. The zero-order valence-corrected chi connectivity index (χ0v) is 9.46. The average Bonchev–Trinajstić information content (AvgIpc) is 2.71. The Morgan fingerprint density at radius 1 is 1.67 bits per heavy atom. The topological polar surface area (TPSA) is 63.1 Å².